The molecule has 32 heavy (non-hydrogen) atoms. The molecule has 2 N–H and O–H groups in total. The summed E-state index contributed by atoms with van der Waals surface area (Å²) >= 11 is 0. The smallest absolute Gasteiger partial charge is 0.130 e. The molecule has 0 aliphatic carbocycles. The number of nitrogens with zero attached hydrogens (tertiary/aromatic N) is 4. The zero-order chi connectivity index (χ0) is 21.9. The molecule has 0 bridgehead atoms. The molecule has 1 fully saturated rings. The summed E-state index contributed by atoms with van der Waals surface area (Å²) < 4.78 is 2.02. The van der Waals surface area contributed by atoms with E-state index in [2.05, 4.69) is 62.5 Å². The van der Waals surface area contributed by atoms with Crippen LogP contribution < -0.4 is 10.6 Å². The van der Waals surface area contributed by atoms with E-state index in [1.807, 2.05) is 42.6 Å². The van der Waals surface area contributed by atoms with Crippen LogP contribution in [-0.4, -0.2) is 32.6 Å². The van der Waals surface area contributed by atoms with Gasteiger partial charge in [0.15, 0.2) is 0 Å². The van der Waals surface area contributed by atoms with Crippen LogP contribution in [0, 0.1) is 5.92 Å². The maximum atomic E-state index is 4.59. The highest BCUT2D eigenvalue weighted by molar-refractivity contribution is 5.89. The van der Waals surface area contributed by atoms with Gasteiger partial charge in [-0.3, -0.25) is 4.98 Å². The van der Waals surface area contributed by atoms with E-state index in [0.29, 0.717) is 5.92 Å². The molecule has 0 unspecified atom stereocenters. The summed E-state index contributed by atoms with van der Waals surface area (Å²) in [5.74, 6) is 1.48. The molecule has 1 aromatic carbocycles. The highest BCUT2D eigenvalue weighted by Gasteiger charge is 2.15. The molecule has 3 aromatic heterocycles. The molecule has 5 rings (SSSR count). The highest BCUT2D eigenvalue weighted by atomic mass is 15.0. The third-order valence-electron chi connectivity index (χ3n) is 6.23. The van der Waals surface area contributed by atoms with Crippen LogP contribution in [0.4, 0.5) is 5.82 Å². The minimum Gasteiger partial charge on any atom is -0.340 e. The molecule has 0 atom stereocenters. The second kappa shape index (κ2) is 8.93. The molecular weight excluding hydrogens is 396 g/mol. The molecule has 0 saturated carbocycles. The average molecular weight is 425 g/mol. The summed E-state index contributed by atoms with van der Waals surface area (Å²) in [6, 6.07) is 12.6. The Labute approximate surface area is 188 Å². The van der Waals surface area contributed by atoms with Crippen molar-refractivity contribution in [3.63, 3.8) is 0 Å². The van der Waals surface area contributed by atoms with Crippen molar-refractivity contribution in [1.82, 2.24) is 24.8 Å². The fraction of sp³-hybridized carbons (Fsp3) is 0.269. The number of nitrogens with one attached hydrogen (secondary N) is 2. The lowest BCUT2D eigenvalue weighted by molar-refractivity contribution is 0.370. The monoisotopic (exact) mass is 424 g/mol. The third-order valence-corrected chi connectivity index (χ3v) is 6.23. The van der Waals surface area contributed by atoms with Gasteiger partial charge in [-0.25, -0.2) is 9.97 Å². The number of imidazole rings is 1. The molecule has 0 amide bonds. The number of anilines is 1. The first-order valence-corrected chi connectivity index (χ1v) is 11.1. The van der Waals surface area contributed by atoms with Crippen LogP contribution in [-0.2, 0) is 13.5 Å². The van der Waals surface area contributed by atoms with E-state index in [1.54, 1.807) is 0 Å². The minimum absolute atomic E-state index is 0.705. The standard InChI is InChI=1S/C26H28N6/c1-18(20-7-10-29-24(13-20)11-19-5-8-27-9-6-19)31-26-14-23-12-21(3-4-22(23)15-30-26)25-16-28-17-32(25)2/h3-4,7,10,12-17,19,27H,1,5-6,8-9,11H2,2H3,(H,30,31). The van der Waals surface area contributed by atoms with Crippen LogP contribution in [0.3, 0.4) is 0 Å². The van der Waals surface area contributed by atoms with Crippen molar-refractivity contribution in [2.24, 2.45) is 13.0 Å². The molecule has 6 heteroatoms. The molecular formula is C26H28N6. The number of hydrogen-bond donors (Lipinski definition) is 2. The molecule has 4 heterocycles. The Bertz CT molecular complexity index is 1250. The maximum Gasteiger partial charge on any atom is 0.130 e. The van der Waals surface area contributed by atoms with Gasteiger partial charge in [-0.05, 0) is 67.9 Å². The molecule has 1 aliphatic heterocycles. The van der Waals surface area contributed by atoms with Crippen LogP contribution in [0.2, 0.25) is 0 Å². The molecule has 6 nitrogen and oxygen atoms in total. The number of benzene rings is 1. The number of hydrogen-bond acceptors (Lipinski definition) is 5. The first-order valence-electron chi connectivity index (χ1n) is 11.1. The second-order valence-electron chi connectivity index (χ2n) is 8.56. The molecule has 1 aliphatic rings. The van der Waals surface area contributed by atoms with E-state index in [9.17, 15) is 0 Å². The van der Waals surface area contributed by atoms with E-state index in [-0.39, 0.29) is 0 Å². The van der Waals surface area contributed by atoms with Gasteiger partial charge in [-0.15, -0.1) is 0 Å². The van der Waals surface area contributed by atoms with Crippen molar-refractivity contribution < 1.29 is 0 Å². The summed E-state index contributed by atoms with van der Waals surface area (Å²) in [6.07, 6.45) is 10.9. The Kier molecular flexibility index (Phi) is 5.69. The lowest BCUT2D eigenvalue weighted by atomic mass is 9.92. The number of aryl methyl sites for hydroxylation is 1. The zero-order valence-corrected chi connectivity index (χ0v) is 18.4. The minimum atomic E-state index is 0.705. The topological polar surface area (TPSA) is 67.7 Å². The van der Waals surface area contributed by atoms with Crippen LogP contribution in [0.5, 0.6) is 0 Å². The van der Waals surface area contributed by atoms with Gasteiger partial charge in [0.1, 0.15) is 5.82 Å². The van der Waals surface area contributed by atoms with E-state index in [0.717, 1.165) is 64.3 Å². The molecule has 162 valence electrons. The first kappa shape index (κ1) is 20.4. The Morgan fingerprint density at radius 1 is 1.09 bits per heavy atom. The summed E-state index contributed by atoms with van der Waals surface area (Å²) in [4.78, 5) is 13.4. The Morgan fingerprint density at radius 2 is 1.97 bits per heavy atom. The summed E-state index contributed by atoms with van der Waals surface area (Å²) in [7, 11) is 2.00. The Morgan fingerprint density at radius 3 is 2.78 bits per heavy atom. The fourth-order valence-corrected chi connectivity index (χ4v) is 4.39. The maximum absolute atomic E-state index is 4.59. The lowest BCUT2D eigenvalue weighted by Crippen LogP contribution is -2.28. The van der Waals surface area contributed by atoms with Gasteiger partial charge in [0.25, 0.3) is 0 Å². The van der Waals surface area contributed by atoms with Crippen LogP contribution in [0.15, 0.2) is 67.9 Å². The van der Waals surface area contributed by atoms with Crippen molar-refractivity contribution in [1.29, 1.82) is 0 Å². The van der Waals surface area contributed by atoms with Crippen molar-refractivity contribution in [3.8, 4) is 11.3 Å². The van der Waals surface area contributed by atoms with E-state index >= 15 is 0 Å². The predicted molar refractivity (Wildman–Crippen MR) is 130 cm³/mol. The molecule has 0 spiro atoms. The summed E-state index contributed by atoms with van der Waals surface area (Å²) in [6.45, 7) is 6.47. The summed E-state index contributed by atoms with van der Waals surface area (Å²) in [5, 5.41) is 9.03. The largest absolute Gasteiger partial charge is 0.340 e. The van der Waals surface area contributed by atoms with Crippen molar-refractivity contribution in [3.05, 3.63) is 79.2 Å². The SMILES string of the molecule is C=C(Nc1cc2cc(-c3cncn3C)ccc2cn1)c1ccnc(CC2CCNCC2)c1. The van der Waals surface area contributed by atoms with E-state index in [4.69, 9.17) is 0 Å². The van der Waals surface area contributed by atoms with Gasteiger partial charge in [-0.1, -0.05) is 18.7 Å². The van der Waals surface area contributed by atoms with Gasteiger partial charge in [-0.2, -0.15) is 0 Å². The zero-order valence-electron chi connectivity index (χ0n) is 18.4. The fourth-order valence-electron chi connectivity index (χ4n) is 4.39. The van der Waals surface area contributed by atoms with Crippen LogP contribution >= 0.6 is 0 Å². The van der Waals surface area contributed by atoms with Gasteiger partial charge < -0.3 is 15.2 Å². The number of aromatic nitrogens is 4. The van der Waals surface area contributed by atoms with Crippen molar-refractivity contribution >= 4 is 22.3 Å². The van der Waals surface area contributed by atoms with Gasteiger partial charge in [0, 0.05) is 47.3 Å². The van der Waals surface area contributed by atoms with E-state index in [1.165, 1.54) is 12.8 Å². The lowest BCUT2D eigenvalue weighted by Gasteiger charge is -2.22. The van der Waals surface area contributed by atoms with Crippen LogP contribution in [0.1, 0.15) is 24.1 Å². The van der Waals surface area contributed by atoms with E-state index < -0.39 is 0 Å². The molecule has 4 aromatic rings. The van der Waals surface area contributed by atoms with Gasteiger partial charge in [0.05, 0.1) is 18.2 Å². The molecule has 0 radical (unpaired) electrons. The quantitative estimate of drug-likeness (QED) is 0.471. The Balaban J connectivity index is 1.34. The number of pyridine rings is 2. The second-order valence-corrected chi connectivity index (χ2v) is 8.56. The molecule has 1 saturated heterocycles. The van der Waals surface area contributed by atoms with Crippen molar-refractivity contribution in [2.45, 2.75) is 19.3 Å². The van der Waals surface area contributed by atoms with Gasteiger partial charge >= 0.3 is 0 Å². The van der Waals surface area contributed by atoms with Crippen molar-refractivity contribution in [2.75, 3.05) is 18.4 Å². The normalized spacial score (nSPS) is 14.5. The number of rotatable bonds is 6. The third kappa shape index (κ3) is 4.41. The predicted octanol–water partition coefficient (Wildman–Crippen LogP) is 4.66. The number of piperidine rings is 1. The van der Waals surface area contributed by atoms with Gasteiger partial charge in [0.2, 0.25) is 0 Å². The number of fused-ring (bicyclic) bond motifs is 1. The van der Waals surface area contributed by atoms with Crippen LogP contribution in [0.25, 0.3) is 27.7 Å². The first-order chi connectivity index (χ1) is 15.7. The average Bonchev–Trinajstić information content (AvgIpc) is 3.25. The summed E-state index contributed by atoms with van der Waals surface area (Å²) in [5.41, 5.74) is 5.22. The highest BCUT2D eigenvalue weighted by Crippen LogP contribution is 2.26. The Hall–Kier alpha value is -3.51.